The predicted octanol–water partition coefficient (Wildman–Crippen LogP) is 4.30. The Morgan fingerprint density at radius 2 is 1.87 bits per heavy atom. The predicted molar refractivity (Wildman–Crippen MR) is 89.6 cm³/mol. The molecule has 120 valence electrons. The molecule has 0 saturated heterocycles. The summed E-state index contributed by atoms with van der Waals surface area (Å²) in [4.78, 5) is 24.8. The fourth-order valence-electron chi connectivity index (χ4n) is 2.21. The molecule has 0 atom stereocenters. The Kier molecular flexibility index (Phi) is 5.34. The number of amides is 1. The Morgan fingerprint density at radius 3 is 2.43 bits per heavy atom. The molecule has 0 aliphatic rings. The Labute approximate surface area is 139 Å². The molecule has 23 heavy (non-hydrogen) atoms. The van der Waals surface area contributed by atoms with Gasteiger partial charge in [0.05, 0.1) is 15.5 Å². The zero-order chi connectivity index (χ0) is 17.0. The number of carbonyl (C=O) groups is 1. The number of benzene rings is 2. The highest BCUT2D eigenvalue weighted by Gasteiger charge is 2.23. The molecule has 5 nitrogen and oxygen atoms in total. The molecule has 0 saturated carbocycles. The second-order valence-corrected chi connectivity index (χ2v) is 5.84. The first-order valence-corrected chi connectivity index (χ1v) is 7.56. The fraction of sp³-hybridized carbons (Fsp3) is 0.235. The van der Waals surface area contributed by atoms with Crippen LogP contribution in [0, 0.1) is 10.1 Å². The molecular weight excluding hydrogens is 316 g/mol. The third-order valence-electron chi connectivity index (χ3n) is 3.47. The van der Waals surface area contributed by atoms with Crippen molar-refractivity contribution in [2.24, 2.45) is 0 Å². The number of nitrogens with zero attached hydrogens (tertiary/aromatic N) is 2. The lowest BCUT2D eigenvalue weighted by Crippen LogP contribution is -2.36. The molecule has 2 aromatic rings. The lowest BCUT2D eigenvalue weighted by molar-refractivity contribution is -0.384. The topological polar surface area (TPSA) is 63.5 Å². The van der Waals surface area contributed by atoms with E-state index in [4.69, 9.17) is 11.6 Å². The third kappa shape index (κ3) is 4.07. The SMILES string of the molecule is CC(C)N(Cc1ccccc1)C(=O)c1cc([N+](=O)[O-])ccc1Cl. The summed E-state index contributed by atoms with van der Waals surface area (Å²) in [6.07, 6.45) is 0. The van der Waals surface area contributed by atoms with Crippen molar-refractivity contribution < 1.29 is 9.72 Å². The van der Waals surface area contributed by atoms with Gasteiger partial charge < -0.3 is 4.90 Å². The van der Waals surface area contributed by atoms with Crippen molar-refractivity contribution in [3.05, 3.63) is 74.8 Å². The second-order valence-electron chi connectivity index (χ2n) is 5.43. The zero-order valence-corrected chi connectivity index (χ0v) is 13.7. The molecule has 0 unspecified atom stereocenters. The molecule has 2 aromatic carbocycles. The first-order chi connectivity index (χ1) is 10.9. The van der Waals surface area contributed by atoms with E-state index in [0.29, 0.717) is 6.54 Å². The van der Waals surface area contributed by atoms with Gasteiger partial charge in [-0.05, 0) is 25.5 Å². The summed E-state index contributed by atoms with van der Waals surface area (Å²) in [7, 11) is 0. The molecule has 0 fully saturated rings. The molecule has 0 spiro atoms. The Bertz CT molecular complexity index is 717. The summed E-state index contributed by atoms with van der Waals surface area (Å²) in [5.74, 6) is -0.322. The molecule has 0 bridgehead atoms. The number of carbonyl (C=O) groups excluding carboxylic acids is 1. The number of hydrogen-bond acceptors (Lipinski definition) is 3. The maximum Gasteiger partial charge on any atom is 0.270 e. The van der Waals surface area contributed by atoms with Crippen molar-refractivity contribution in [2.45, 2.75) is 26.4 Å². The Hall–Kier alpha value is -2.40. The summed E-state index contributed by atoms with van der Waals surface area (Å²) < 4.78 is 0. The van der Waals surface area contributed by atoms with Crippen LogP contribution in [-0.2, 0) is 6.54 Å². The van der Waals surface area contributed by atoms with Crippen LogP contribution < -0.4 is 0 Å². The van der Waals surface area contributed by atoms with Crippen LogP contribution in [0.2, 0.25) is 5.02 Å². The van der Waals surface area contributed by atoms with Gasteiger partial charge in [-0.2, -0.15) is 0 Å². The van der Waals surface area contributed by atoms with Crippen LogP contribution in [0.5, 0.6) is 0 Å². The molecular formula is C17H17ClN2O3. The largest absolute Gasteiger partial charge is 0.332 e. The molecule has 0 N–H and O–H groups in total. The Balaban J connectivity index is 2.35. The van der Waals surface area contributed by atoms with Gasteiger partial charge in [0.2, 0.25) is 0 Å². The van der Waals surface area contributed by atoms with E-state index in [1.54, 1.807) is 4.90 Å². The smallest absolute Gasteiger partial charge is 0.270 e. The number of nitro benzene ring substituents is 1. The van der Waals surface area contributed by atoms with Gasteiger partial charge in [0.15, 0.2) is 0 Å². The number of rotatable bonds is 5. The van der Waals surface area contributed by atoms with Crippen molar-refractivity contribution in [1.29, 1.82) is 0 Å². The highest BCUT2D eigenvalue weighted by molar-refractivity contribution is 6.33. The van der Waals surface area contributed by atoms with Crippen molar-refractivity contribution in [3.63, 3.8) is 0 Å². The maximum atomic E-state index is 12.8. The van der Waals surface area contributed by atoms with Gasteiger partial charge in [-0.3, -0.25) is 14.9 Å². The van der Waals surface area contributed by atoms with Gasteiger partial charge in [0.1, 0.15) is 0 Å². The summed E-state index contributed by atoms with van der Waals surface area (Å²) in [5.41, 5.74) is 0.975. The van der Waals surface area contributed by atoms with E-state index in [0.717, 1.165) is 5.56 Å². The molecule has 1 amide bonds. The number of halogens is 1. The van der Waals surface area contributed by atoms with Crippen molar-refractivity contribution >= 4 is 23.2 Å². The Morgan fingerprint density at radius 1 is 1.22 bits per heavy atom. The van der Waals surface area contributed by atoms with Gasteiger partial charge in [-0.25, -0.2) is 0 Å². The van der Waals surface area contributed by atoms with Crippen LogP contribution in [0.25, 0.3) is 0 Å². The number of hydrogen-bond donors (Lipinski definition) is 0. The zero-order valence-electron chi connectivity index (χ0n) is 12.9. The lowest BCUT2D eigenvalue weighted by Gasteiger charge is -2.27. The van der Waals surface area contributed by atoms with Crippen molar-refractivity contribution in [3.8, 4) is 0 Å². The number of nitro groups is 1. The third-order valence-corrected chi connectivity index (χ3v) is 3.80. The van der Waals surface area contributed by atoms with Crippen molar-refractivity contribution in [2.75, 3.05) is 0 Å². The highest BCUT2D eigenvalue weighted by Crippen LogP contribution is 2.25. The minimum Gasteiger partial charge on any atom is -0.332 e. The second kappa shape index (κ2) is 7.24. The average Bonchev–Trinajstić information content (AvgIpc) is 2.53. The van der Waals surface area contributed by atoms with E-state index in [1.807, 2.05) is 44.2 Å². The normalized spacial score (nSPS) is 10.6. The summed E-state index contributed by atoms with van der Waals surface area (Å²) in [6.45, 7) is 4.20. The summed E-state index contributed by atoms with van der Waals surface area (Å²) in [6, 6.07) is 13.4. The first-order valence-electron chi connectivity index (χ1n) is 7.19. The van der Waals surface area contributed by atoms with E-state index in [1.165, 1.54) is 18.2 Å². The molecule has 0 aromatic heterocycles. The van der Waals surface area contributed by atoms with Gasteiger partial charge >= 0.3 is 0 Å². The quantitative estimate of drug-likeness (QED) is 0.605. The van der Waals surface area contributed by atoms with E-state index < -0.39 is 4.92 Å². The van der Waals surface area contributed by atoms with Crippen LogP contribution in [0.15, 0.2) is 48.5 Å². The van der Waals surface area contributed by atoms with E-state index in [9.17, 15) is 14.9 Å². The fourth-order valence-corrected chi connectivity index (χ4v) is 2.41. The van der Waals surface area contributed by atoms with Gasteiger partial charge in [0.25, 0.3) is 11.6 Å². The maximum absolute atomic E-state index is 12.8. The minimum absolute atomic E-state index is 0.0713. The lowest BCUT2D eigenvalue weighted by atomic mass is 10.1. The van der Waals surface area contributed by atoms with Crippen LogP contribution in [-0.4, -0.2) is 21.8 Å². The first kappa shape index (κ1) is 17.0. The average molecular weight is 333 g/mol. The van der Waals surface area contributed by atoms with Crippen LogP contribution in [0.3, 0.4) is 0 Å². The molecule has 0 aliphatic carbocycles. The highest BCUT2D eigenvalue weighted by atomic mass is 35.5. The molecule has 0 heterocycles. The van der Waals surface area contributed by atoms with Crippen LogP contribution in [0.1, 0.15) is 29.8 Å². The molecule has 0 aliphatic heterocycles. The van der Waals surface area contributed by atoms with E-state index >= 15 is 0 Å². The summed E-state index contributed by atoms with van der Waals surface area (Å²) >= 11 is 6.08. The molecule has 2 rings (SSSR count). The number of non-ortho nitro benzene ring substituents is 1. The standard InChI is InChI=1S/C17H17ClN2O3/c1-12(2)19(11-13-6-4-3-5-7-13)17(21)15-10-14(20(22)23)8-9-16(15)18/h3-10,12H,11H2,1-2H3. The van der Waals surface area contributed by atoms with Gasteiger partial charge in [0, 0.05) is 24.7 Å². The van der Waals surface area contributed by atoms with Crippen LogP contribution >= 0.6 is 11.6 Å². The van der Waals surface area contributed by atoms with Crippen LogP contribution in [0.4, 0.5) is 5.69 Å². The van der Waals surface area contributed by atoms with Gasteiger partial charge in [-0.1, -0.05) is 41.9 Å². The van der Waals surface area contributed by atoms with E-state index in [2.05, 4.69) is 0 Å². The molecule has 0 radical (unpaired) electrons. The van der Waals surface area contributed by atoms with Gasteiger partial charge in [-0.15, -0.1) is 0 Å². The summed E-state index contributed by atoms with van der Waals surface area (Å²) in [5, 5.41) is 11.1. The minimum atomic E-state index is -0.538. The van der Waals surface area contributed by atoms with E-state index in [-0.39, 0.29) is 28.2 Å². The van der Waals surface area contributed by atoms with Crippen molar-refractivity contribution in [1.82, 2.24) is 4.90 Å². The molecule has 6 heteroatoms. The monoisotopic (exact) mass is 332 g/mol.